The van der Waals surface area contributed by atoms with Gasteiger partial charge in [0.2, 0.25) is 5.95 Å². The minimum absolute atomic E-state index is 0.0305. The van der Waals surface area contributed by atoms with Crippen molar-refractivity contribution in [2.24, 2.45) is 0 Å². The number of piperidine rings is 1. The molecule has 1 amide bonds. The SMILES string of the molecule is COc1cc(C(=O)N2CCC(N3CCN(C)CC3)CC2)ccc1Nc1ncc2c(n1)N(C)C=CC(O)N2C. The van der Waals surface area contributed by atoms with Crippen molar-refractivity contribution in [3.05, 3.63) is 42.2 Å². The van der Waals surface area contributed by atoms with Gasteiger partial charge in [-0.2, -0.15) is 4.98 Å². The third-order valence-corrected chi connectivity index (χ3v) is 7.84. The molecule has 11 heteroatoms. The molecule has 4 heterocycles. The summed E-state index contributed by atoms with van der Waals surface area (Å²) < 4.78 is 5.62. The third kappa shape index (κ3) is 5.40. The molecule has 1 atom stereocenters. The molecule has 2 fully saturated rings. The van der Waals surface area contributed by atoms with Gasteiger partial charge in [0.25, 0.3) is 5.91 Å². The van der Waals surface area contributed by atoms with Crippen LogP contribution in [-0.4, -0.2) is 115 Å². The Kier molecular flexibility index (Phi) is 7.68. The number of rotatable bonds is 5. The van der Waals surface area contributed by atoms with Gasteiger partial charge in [0.05, 0.1) is 19.0 Å². The number of aliphatic hydroxyl groups excluding tert-OH is 1. The summed E-state index contributed by atoms with van der Waals surface area (Å²) in [6, 6.07) is 5.99. The molecule has 2 saturated heterocycles. The number of hydrogen-bond acceptors (Lipinski definition) is 10. The van der Waals surface area contributed by atoms with Crippen LogP contribution in [0.5, 0.6) is 5.75 Å². The predicted octanol–water partition coefficient (Wildman–Crippen LogP) is 1.80. The summed E-state index contributed by atoms with van der Waals surface area (Å²) in [7, 11) is 7.42. The van der Waals surface area contributed by atoms with Crippen LogP contribution in [0.15, 0.2) is 36.7 Å². The van der Waals surface area contributed by atoms with Gasteiger partial charge in [-0.3, -0.25) is 9.69 Å². The fourth-order valence-electron chi connectivity index (χ4n) is 5.34. The Labute approximate surface area is 224 Å². The molecular formula is C27H38N8O3. The van der Waals surface area contributed by atoms with Crippen LogP contribution < -0.4 is 19.9 Å². The number of carbonyl (C=O) groups excluding carboxylic acids is 1. The van der Waals surface area contributed by atoms with Gasteiger partial charge in [-0.15, -0.1) is 0 Å². The largest absolute Gasteiger partial charge is 0.495 e. The zero-order valence-electron chi connectivity index (χ0n) is 22.7. The normalized spacial score (nSPS) is 21.3. The van der Waals surface area contributed by atoms with E-state index in [4.69, 9.17) is 4.74 Å². The molecule has 1 aromatic carbocycles. The number of hydrogen-bond donors (Lipinski definition) is 2. The van der Waals surface area contributed by atoms with Crippen LogP contribution in [0.2, 0.25) is 0 Å². The number of piperazine rings is 1. The highest BCUT2D eigenvalue weighted by Crippen LogP contribution is 2.33. The van der Waals surface area contributed by atoms with E-state index in [0.29, 0.717) is 40.5 Å². The Morgan fingerprint density at radius 3 is 2.53 bits per heavy atom. The molecule has 38 heavy (non-hydrogen) atoms. The molecule has 0 spiro atoms. The summed E-state index contributed by atoms with van der Waals surface area (Å²) >= 11 is 0. The van der Waals surface area contributed by atoms with Gasteiger partial charge in [-0.25, -0.2) is 4.98 Å². The second-order valence-electron chi connectivity index (χ2n) is 10.3. The molecule has 3 aliphatic heterocycles. The standard InChI is InChI=1S/C27H38N8O3/c1-31-13-15-34(16-14-31)20-7-11-35(12-8-20)26(37)19-5-6-21(23(17-19)38-4)29-27-28-18-22-25(30-27)32(2)10-9-24(36)33(22)3/h5-6,9-10,17-18,20,24,36H,7-8,11-16H2,1-4H3,(H,28,29,30). The van der Waals surface area contributed by atoms with Crippen LogP contribution in [0, 0.1) is 0 Å². The summed E-state index contributed by atoms with van der Waals surface area (Å²) in [5, 5.41) is 13.5. The minimum atomic E-state index is -0.760. The maximum atomic E-state index is 13.3. The fraction of sp³-hybridized carbons (Fsp3) is 0.519. The lowest BCUT2D eigenvalue weighted by atomic mass is 10.0. The molecule has 0 radical (unpaired) electrons. The van der Waals surface area contributed by atoms with Crippen molar-refractivity contribution >= 4 is 29.0 Å². The number of benzene rings is 1. The van der Waals surface area contributed by atoms with Gasteiger partial charge in [0.1, 0.15) is 17.7 Å². The Balaban J connectivity index is 1.26. The summed E-state index contributed by atoms with van der Waals surface area (Å²) in [6.45, 7) is 5.99. The van der Waals surface area contributed by atoms with Crippen LogP contribution in [0.25, 0.3) is 0 Å². The van der Waals surface area contributed by atoms with Crippen LogP contribution in [0.4, 0.5) is 23.1 Å². The van der Waals surface area contributed by atoms with E-state index < -0.39 is 6.23 Å². The molecular weight excluding hydrogens is 484 g/mol. The number of aliphatic hydroxyl groups is 1. The average molecular weight is 523 g/mol. The number of fused-ring (bicyclic) bond motifs is 1. The molecule has 2 N–H and O–H groups in total. The molecule has 204 valence electrons. The zero-order chi connectivity index (χ0) is 26.8. The molecule has 2 aromatic rings. The summed E-state index contributed by atoms with van der Waals surface area (Å²) in [6.07, 6.45) is 6.40. The predicted molar refractivity (Wildman–Crippen MR) is 148 cm³/mol. The highest BCUT2D eigenvalue weighted by molar-refractivity contribution is 5.95. The lowest BCUT2D eigenvalue weighted by Crippen LogP contribution is -2.52. The van der Waals surface area contributed by atoms with Gasteiger partial charge in [-0.1, -0.05) is 0 Å². The van der Waals surface area contributed by atoms with Gasteiger partial charge in [0.15, 0.2) is 5.82 Å². The highest BCUT2D eigenvalue weighted by atomic mass is 16.5. The average Bonchev–Trinajstić information content (AvgIpc) is 3.05. The van der Waals surface area contributed by atoms with E-state index in [-0.39, 0.29) is 5.91 Å². The summed E-state index contributed by atoms with van der Waals surface area (Å²) in [5.41, 5.74) is 1.98. The van der Waals surface area contributed by atoms with Crippen molar-refractivity contribution in [2.45, 2.75) is 25.1 Å². The third-order valence-electron chi connectivity index (χ3n) is 7.84. The monoisotopic (exact) mass is 522 g/mol. The first kappa shape index (κ1) is 26.2. The first-order chi connectivity index (χ1) is 18.3. The zero-order valence-corrected chi connectivity index (χ0v) is 22.7. The molecule has 0 saturated carbocycles. The van der Waals surface area contributed by atoms with Crippen LogP contribution in [-0.2, 0) is 0 Å². The second kappa shape index (κ2) is 11.1. The maximum Gasteiger partial charge on any atom is 0.253 e. The van der Waals surface area contributed by atoms with E-state index in [1.54, 1.807) is 43.6 Å². The number of likely N-dealkylation sites (N-methyl/N-ethyl adjacent to an activating group) is 2. The quantitative estimate of drug-likeness (QED) is 0.605. The van der Waals surface area contributed by atoms with Crippen molar-refractivity contribution < 1.29 is 14.6 Å². The van der Waals surface area contributed by atoms with E-state index >= 15 is 0 Å². The Bertz CT molecular complexity index is 1170. The van der Waals surface area contributed by atoms with E-state index in [1.165, 1.54) is 0 Å². The van der Waals surface area contributed by atoms with E-state index in [1.807, 2.05) is 29.0 Å². The van der Waals surface area contributed by atoms with Gasteiger partial charge < -0.3 is 34.8 Å². The molecule has 0 bridgehead atoms. The molecule has 5 rings (SSSR count). The number of nitrogens with one attached hydrogen (secondary N) is 1. The number of nitrogens with zero attached hydrogens (tertiary/aromatic N) is 7. The number of amides is 1. The number of methoxy groups -OCH3 is 1. The lowest BCUT2D eigenvalue weighted by Gasteiger charge is -2.42. The second-order valence-corrected chi connectivity index (χ2v) is 10.3. The molecule has 0 aliphatic carbocycles. The number of anilines is 4. The Hall–Kier alpha value is -3.41. The van der Waals surface area contributed by atoms with Crippen LogP contribution in [0.3, 0.4) is 0 Å². The molecule has 1 aromatic heterocycles. The van der Waals surface area contributed by atoms with E-state index in [0.717, 1.165) is 52.1 Å². The maximum absolute atomic E-state index is 13.3. The van der Waals surface area contributed by atoms with E-state index in [2.05, 4.69) is 32.1 Å². The number of aromatic nitrogens is 2. The molecule has 3 aliphatic rings. The minimum Gasteiger partial charge on any atom is -0.495 e. The van der Waals surface area contributed by atoms with Crippen molar-refractivity contribution in [1.82, 2.24) is 24.7 Å². The summed E-state index contributed by atoms with van der Waals surface area (Å²) in [5.74, 6) is 1.62. The number of ether oxygens (including phenoxy) is 1. The molecule has 1 unspecified atom stereocenters. The van der Waals surface area contributed by atoms with E-state index in [9.17, 15) is 9.90 Å². The van der Waals surface area contributed by atoms with Gasteiger partial charge >= 0.3 is 0 Å². The highest BCUT2D eigenvalue weighted by Gasteiger charge is 2.29. The van der Waals surface area contributed by atoms with Gasteiger partial charge in [0, 0.05) is 71.2 Å². The van der Waals surface area contributed by atoms with Crippen molar-refractivity contribution in [3.8, 4) is 5.75 Å². The van der Waals surface area contributed by atoms with Crippen molar-refractivity contribution in [2.75, 3.05) is 82.6 Å². The topological polar surface area (TPSA) is 101 Å². The smallest absolute Gasteiger partial charge is 0.253 e. The lowest BCUT2D eigenvalue weighted by molar-refractivity contribution is 0.0518. The van der Waals surface area contributed by atoms with Crippen LogP contribution in [0.1, 0.15) is 23.2 Å². The van der Waals surface area contributed by atoms with Crippen molar-refractivity contribution in [3.63, 3.8) is 0 Å². The summed E-state index contributed by atoms with van der Waals surface area (Å²) in [4.78, 5) is 32.9. The van der Waals surface area contributed by atoms with Gasteiger partial charge in [-0.05, 0) is 44.2 Å². The van der Waals surface area contributed by atoms with Crippen LogP contribution >= 0.6 is 0 Å². The number of likely N-dealkylation sites (tertiary alicyclic amines) is 1. The first-order valence-electron chi connectivity index (χ1n) is 13.2. The number of carbonyl (C=O) groups is 1. The fourth-order valence-corrected chi connectivity index (χ4v) is 5.34. The molecule has 11 nitrogen and oxygen atoms in total. The Morgan fingerprint density at radius 2 is 1.82 bits per heavy atom. The Morgan fingerprint density at radius 1 is 1.08 bits per heavy atom. The first-order valence-corrected chi connectivity index (χ1v) is 13.2. The van der Waals surface area contributed by atoms with Crippen molar-refractivity contribution in [1.29, 1.82) is 0 Å².